The second-order valence-corrected chi connectivity index (χ2v) is 5.86. The van der Waals surface area contributed by atoms with Crippen molar-refractivity contribution in [3.63, 3.8) is 0 Å². The third-order valence-corrected chi connectivity index (χ3v) is 3.41. The smallest absolute Gasteiger partial charge is 0.127 e. The maximum absolute atomic E-state index is 9.47. The van der Waals surface area contributed by atoms with Gasteiger partial charge in [-0.15, -0.1) is 0 Å². The van der Waals surface area contributed by atoms with E-state index >= 15 is 0 Å². The van der Waals surface area contributed by atoms with Crippen LogP contribution in [-0.4, -0.2) is 15.4 Å². The molecular weight excluding hydrogens is 236 g/mol. The monoisotopic (exact) mass is 250 g/mol. The van der Waals surface area contributed by atoms with Gasteiger partial charge in [0.1, 0.15) is 11.5 Å². The van der Waals surface area contributed by atoms with Gasteiger partial charge >= 0.3 is 0 Å². The second kappa shape index (κ2) is 4.79. The zero-order valence-corrected chi connectivity index (χ0v) is 10.2. The Morgan fingerprint density at radius 2 is 1.35 bits per heavy atom. The first-order valence-corrected chi connectivity index (χ1v) is 7.07. The van der Waals surface area contributed by atoms with Gasteiger partial charge in [-0.3, -0.25) is 9.11 Å². The SMILES string of the molecule is CS(O)(O)c1ccc(Oc2ccccc2)cc1. The lowest BCUT2D eigenvalue weighted by atomic mass is 10.3. The lowest BCUT2D eigenvalue weighted by molar-refractivity contribution is 0.480. The van der Waals surface area contributed by atoms with Crippen LogP contribution >= 0.6 is 10.6 Å². The zero-order chi connectivity index (χ0) is 12.3. The van der Waals surface area contributed by atoms with Crippen LogP contribution in [0, 0.1) is 0 Å². The highest BCUT2D eigenvalue weighted by Crippen LogP contribution is 2.44. The number of ether oxygens (including phenoxy) is 1. The summed E-state index contributed by atoms with van der Waals surface area (Å²) >= 11 is 0. The molecule has 2 N–H and O–H groups in total. The number of hydrogen-bond acceptors (Lipinski definition) is 3. The summed E-state index contributed by atoms with van der Waals surface area (Å²) in [4.78, 5) is 0.512. The summed E-state index contributed by atoms with van der Waals surface area (Å²) in [6.45, 7) is 0. The Hall–Kier alpha value is -1.49. The fraction of sp³-hybridized carbons (Fsp3) is 0.0769. The average Bonchev–Trinajstić information content (AvgIpc) is 2.30. The number of hydrogen-bond donors (Lipinski definition) is 2. The third kappa shape index (κ3) is 3.23. The first-order valence-electron chi connectivity index (χ1n) is 5.12. The molecule has 4 heteroatoms. The highest BCUT2D eigenvalue weighted by molar-refractivity contribution is 8.23. The molecule has 0 unspecified atom stereocenters. The van der Waals surface area contributed by atoms with E-state index in [4.69, 9.17) is 4.74 Å². The standard InChI is InChI=1S/C13H14O3S/c1-17(14,15)13-9-7-12(8-10-13)16-11-5-3-2-4-6-11/h2-10,14-15H,1H3. The fourth-order valence-electron chi connectivity index (χ4n) is 1.39. The summed E-state index contributed by atoms with van der Waals surface area (Å²) in [5, 5.41) is 0. The maximum atomic E-state index is 9.47. The fourth-order valence-corrected chi connectivity index (χ4v) is 2.04. The molecule has 0 saturated heterocycles. The largest absolute Gasteiger partial charge is 0.457 e. The molecule has 2 rings (SSSR count). The van der Waals surface area contributed by atoms with Crippen molar-refractivity contribution in [3.05, 3.63) is 54.6 Å². The van der Waals surface area contributed by atoms with E-state index in [0.29, 0.717) is 10.6 Å². The number of rotatable bonds is 3. The van der Waals surface area contributed by atoms with Crippen LogP contribution in [0.1, 0.15) is 0 Å². The van der Waals surface area contributed by atoms with E-state index in [9.17, 15) is 9.11 Å². The van der Waals surface area contributed by atoms with Crippen molar-refractivity contribution in [2.75, 3.05) is 6.26 Å². The molecule has 0 bridgehead atoms. The molecule has 0 atom stereocenters. The van der Waals surface area contributed by atoms with Crippen molar-refractivity contribution in [1.29, 1.82) is 0 Å². The van der Waals surface area contributed by atoms with Gasteiger partial charge in [-0.05, 0) is 36.4 Å². The van der Waals surface area contributed by atoms with Crippen molar-refractivity contribution in [1.82, 2.24) is 0 Å². The van der Waals surface area contributed by atoms with Crippen molar-refractivity contribution >= 4 is 10.6 Å². The first-order chi connectivity index (χ1) is 8.05. The summed E-state index contributed by atoms with van der Waals surface area (Å²) in [5.74, 6) is 1.42. The van der Waals surface area contributed by atoms with Gasteiger partial charge in [-0.2, -0.15) is 10.6 Å². The van der Waals surface area contributed by atoms with Crippen LogP contribution in [0.4, 0.5) is 0 Å². The Balaban J connectivity index is 2.14. The molecule has 2 aromatic rings. The molecule has 0 radical (unpaired) electrons. The van der Waals surface area contributed by atoms with E-state index in [2.05, 4.69) is 0 Å². The van der Waals surface area contributed by atoms with E-state index < -0.39 is 10.6 Å². The molecule has 0 aliphatic heterocycles. The predicted octanol–water partition coefficient (Wildman–Crippen LogP) is 4.22. The van der Waals surface area contributed by atoms with Gasteiger partial charge in [-0.1, -0.05) is 18.2 Å². The van der Waals surface area contributed by atoms with Crippen LogP contribution < -0.4 is 4.74 Å². The Kier molecular flexibility index (Phi) is 3.38. The van der Waals surface area contributed by atoms with Gasteiger partial charge in [0.2, 0.25) is 0 Å². The Morgan fingerprint density at radius 3 is 1.88 bits per heavy atom. The molecular formula is C13H14O3S. The molecule has 17 heavy (non-hydrogen) atoms. The van der Waals surface area contributed by atoms with Gasteiger partial charge in [0.15, 0.2) is 0 Å². The van der Waals surface area contributed by atoms with E-state index in [1.54, 1.807) is 24.3 Å². The normalized spacial score (nSPS) is 12.2. The van der Waals surface area contributed by atoms with E-state index in [1.807, 2.05) is 30.3 Å². The van der Waals surface area contributed by atoms with Gasteiger partial charge in [0, 0.05) is 6.26 Å². The molecule has 90 valence electrons. The molecule has 3 nitrogen and oxygen atoms in total. The molecule has 0 aliphatic carbocycles. The molecule has 0 fully saturated rings. The minimum Gasteiger partial charge on any atom is -0.457 e. The van der Waals surface area contributed by atoms with Crippen molar-refractivity contribution in [3.8, 4) is 11.5 Å². The molecule has 2 aromatic carbocycles. The minimum absolute atomic E-state index is 0.512. The van der Waals surface area contributed by atoms with Gasteiger partial charge in [0.25, 0.3) is 0 Å². The Bertz CT molecular complexity index is 474. The van der Waals surface area contributed by atoms with Crippen LogP contribution in [0.25, 0.3) is 0 Å². The summed E-state index contributed by atoms with van der Waals surface area (Å²) in [7, 11) is -2.65. The lowest BCUT2D eigenvalue weighted by Gasteiger charge is -2.26. The highest BCUT2D eigenvalue weighted by Gasteiger charge is 2.07. The summed E-state index contributed by atoms with van der Waals surface area (Å²) < 4.78 is 24.5. The summed E-state index contributed by atoms with van der Waals surface area (Å²) in [6.07, 6.45) is 1.40. The van der Waals surface area contributed by atoms with Crippen LogP contribution in [-0.2, 0) is 0 Å². The number of benzene rings is 2. The van der Waals surface area contributed by atoms with Gasteiger partial charge < -0.3 is 4.74 Å². The molecule has 0 amide bonds. The van der Waals surface area contributed by atoms with Gasteiger partial charge in [0.05, 0.1) is 4.90 Å². The van der Waals surface area contributed by atoms with Crippen LogP contribution in [0.5, 0.6) is 11.5 Å². The highest BCUT2D eigenvalue weighted by atomic mass is 32.3. The third-order valence-electron chi connectivity index (χ3n) is 2.25. The summed E-state index contributed by atoms with van der Waals surface area (Å²) in [6, 6.07) is 16.2. The quantitative estimate of drug-likeness (QED) is 0.857. The molecule has 0 aliphatic rings. The summed E-state index contributed by atoms with van der Waals surface area (Å²) in [5.41, 5.74) is 0. The Morgan fingerprint density at radius 1 is 0.824 bits per heavy atom. The van der Waals surface area contributed by atoms with E-state index in [-0.39, 0.29) is 0 Å². The zero-order valence-electron chi connectivity index (χ0n) is 9.41. The maximum Gasteiger partial charge on any atom is 0.127 e. The topological polar surface area (TPSA) is 49.7 Å². The molecule has 0 saturated carbocycles. The average molecular weight is 250 g/mol. The van der Waals surface area contributed by atoms with Crippen LogP contribution in [0.2, 0.25) is 0 Å². The Labute approximate surface area is 102 Å². The van der Waals surface area contributed by atoms with Crippen molar-refractivity contribution in [2.24, 2.45) is 0 Å². The minimum atomic E-state index is -2.65. The van der Waals surface area contributed by atoms with Gasteiger partial charge in [-0.25, -0.2) is 0 Å². The number of para-hydroxylation sites is 1. The molecule has 0 spiro atoms. The van der Waals surface area contributed by atoms with E-state index in [1.165, 1.54) is 6.26 Å². The van der Waals surface area contributed by atoms with Crippen molar-refractivity contribution < 1.29 is 13.8 Å². The lowest BCUT2D eigenvalue weighted by Crippen LogP contribution is -1.94. The molecule has 0 aromatic heterocycles. The second-order valence-electron chi connectivity index (χ2n) is 3.72. The van der Waals surface area contributed by atoms with E-state index in [0.717, 1.165) is 5.75 Å². The van der Waals surface area contributed by atoms with Crippen LogP contribution in [0.15, 0.2) is 59.5 Å². The molecule has 0 heterocycles. The first kappa shape index (κ1) is 12.0. The van der Waals surface area contributed by atoms with Crippen LogP contribution in [0.3, 0.4) is 0 Å². The predicted molar refractivity (Wildman–Crippen MR) is 70.0 cm³/mol. The van der Waals surface area contributed by atoms with Crippen molar-refractivity contribution in [2.45, 2.75) is 4.90 Å².